The number of nitrogens with zero attached hydrogens (tertiary/aromatic N) is 2. The van der Waals surface area contributed by atoms with Crippen molar-refractivity contribution in [2.75, 3.05) is 6.26 Å². The fourth-order valence-corrected chi connectivity index (χ4v) is 3.45. The lowest BCUT2D eigenvalue weighted by Crippen LogP contribution is -2.24. The van der Waals surface area contributed by atoms with Crippen molar-refractivity contribution >= 4 is 10.8 Å². The van der Waals surface area contributed by atoms with Crippen LogP contribution in [0.25, 0.3) is 11.1 Å². The minimum Gasteiger partial charge on any atom is -0.504 e. The van der Waals surface area contributed by atoms with Gasteiger partial charge in [-0.05, 0) is 36.5 Å². The number of rotatable bonds is 4. The average Bonchev–Trinajstić information content (AvgIpc) is 2.51. The van der Waals surface area contributed by atoms with Gasteiger partial charge in [0.2, 0.25) is 0 Å². The average molecular weight is 334 g/mol. The van der Waals surface area contributed by atoms with Gasteiger partial charge in [0.1, 0.15) is 0 Å². The van der Waals surface area contributed by atoms with E-state index in [2.05, 4.69) is 5.10 Å². The molecule has 0 aliphatic heterocycles. The van der Waals surface area contributed by atoms with Crippen molar-refractivity contribution in [2.45, 2.75) is 38.6 Å². The Hall–Kier alpha value is -1.95. The molecule has 2 rings (SSSR count). The lowest BCUT2D eigenvalue weighted by molar-refractivity contribution is 0.444. The standard InChI is InChI=1S/C17H22N2O3S/c1-6-11-8-10(3)9-12(7-2)13(11)14-15(20)16(23(5)22)18-19(4)17(14)21/h8-9,20H,6-7H2,1-5H3. The number of aryl methyl sites for hydroxylation is 4. The molecule has 0 aliphatic rings. The van der Waals surface area contributed by atoms with E-state index >= 15 is 0 Å². The van der Waals surface area contributed by atoms with Gasteiger partial charge in [-0.1, -0.05) is 31.5 Å². The zero-order valence-corrected chi connectivity index (χ0v) is 15.0. The molecule has 1 atom stereocenters. The van der Waals surface area contributed by atoms with Crippen LogP contribution >= 0.6 is 0 Å². The Balaban J connectivity index is 2.98. The summed E-state index contributed by atoms with van der Waals surface area (Å²) >= 11 is 0. The van der Waals surface area contributed by atoms with Crippen LogP contribution in [0.2, 0.25) is 0 Å². The van der Waals surface area contributed by atoms with E-state index < -0.39 is 10.8 Å². The van der Waals surface area contributed by atoms with E-state index in [9.17, 15) is 14.1 Å². The third kappa shape index (κ3) is 3.08. The molecule has 2 aromatic rings. The van der Waals surface area contributed by atoms with E-state index in [0.29, 0.717) is 0 Å². The summed E-state index contributed by atoms with van der Waals surface area (Å²) in [6.45, 7) is 6.04. The fourth-order valence-electron chi connectivity index (χ4n) is 2.84. The van der Waals surface area contributed by atoms with E-state index in [1.807, 2.05) is 32.9 Å². The predicted octanol–water partition coefficient (Wildman–Crippen LogP) is 2.32. The second-order valence-electron chi connectivity index (χ2n) is 5.58. The minimum absolute atomic E-state index is 0.0341. The second kappa shape index (κ2) is 6.66. The molecule has 0 fully saturated rings. The lowest BCUT2D eigenvalue weighted by atomic mass is 9.90. The highest BCUT2D eigenvalue weighted by molar-refractivity contribution is 7.84. The normalized spacial score (nSPS) is 12.4. The number of hydrogen-bond acceptors (Lipinski definition) is 4. The van der Waals surface area contributed by atoms with E-state index in [-0.39, 0.29) is 21.9 Å². The maximum absolute atomic E-state index is 12.6. The number of hydrogen-bond donors (Lipinski definition) is 1. The van der Waals surface area contributed by atoms with Crippen molar-refractivity contribution in [1.29, 1.82) is 0 Å². The highest BCUT2D eigenvalue weighted by atomic mass is 32.2. The summed E-state index contributed by atoms with van der Waals surface area (Å²) in [4.78, 5) is 12.6. The van der Waals surface area contributed by atoms with Crippen molar-refractivity contribution < 1.29 is 9.32 Å². The molecule has 0 saturated heterocycles. The largest absolute Gasteiger partial charge is 0.504 e. The van der Waals surface area contributed by atoms with Gasteiger partial charge in [0.15, 0.2) is 10.8 Å². The van der Waals surface area contributed by atoms with Crippen LogP contribution in [0.4, 0.5) is 0 Å². The fraction of sp³-hybridized carbons (Fsp3) is 0.412. The number of aromatic nitrogens is 2. The molecule has 1 heterocycles. The molecule has 0 saturated carbocycles. The van der Waals surface area contributed by atoms with Crippen LogP contribution in [0.5, 0.6) is 5.75 Å². The molecule has 1 aromatic carbocycles. The SMILES string of the molecule is CCc1cc(C)cc(CC)c1-c1c(O)c(S(C)=O)nn(C)c1=O. The summed E-state index contributed by atoms with van der Waals surface area (Å²) < 4.78 is 13.0. The topological polar surface area (TPSA) is 72.2 Å². The monoisotopic (exact) mass is 334 g/mol. The van der Waals surface area contributed by atoms with Crippen molar-refractivity contribution in [1.82, 2.24) is 9.78 Å². The van der Waals surface area contributed by atoms with Crippen LogP contribution in [-0.2, 0) is 30.7 Å². The van der Waals surface area contributed by atoms with Gasteiger partial charge in [0.25, 0.3) is 5.56 Å². The summed E-state index contributed by atoms with van der Waals surface area (Å²) in [7, 11) is 0.0215. The molecule has 1 aromatic heterocycles. The molecule has 1 unspecified atom stereocenters. The molecule has 1 N–H and O–H groups in total. The van der Waals surface area contributed by atoms with E-state index in [1.165, 1.54) is 13.3 Å². The summed E-state index contributed by atoms with van der Waals surface area (Å²) in [6.07, 6.45) is 2.91. The van der Waals surface area contributed by atoms with Crippen LogP contribution in [0, 0.1) is 6.92 Å². The molecule has 0 bridgehead atoms. The Kier molecular flexibility index (Phi) is 5.04. The maximum atomic E-state index is 12.6. The Morgan fingerprint density at radius 3 is 2.13 bits per heavy atom. The van der Waals surface area contributed by atoms with Crippen LogP contribution in [0.15, 0.2) is 22.0 Å². The Morgan fingerprint density at radius 2 is 1.70 bits per heavy atom. The third-order valence-corrected chi connectivity index (χ3v) is 4.74. The zero-order valence-electron chi connectivity index (χ0n) is 14.1. The minimum atomic E-state index is -1.49. The molecule has 124 valence electrons. The van der Waals surface area contributed by atoms with Gasteiger partial charge >= 0.3 is 0 Å². The Morgan fingerprint density at radius 1 is 1.17 bits per heavy atom. The third-order valence-electron chi connectivity index (χ3n) is 3.92. The van der Waals surface area contributed by atoms with E-state index in [1.54, 1.807) is 0 Å². The molecule has 0 spiro atoms. The van der Waals surface area contributed by atoms with Crippen LogP contribution in [0.1, 0.15) is 30.5 Å². The van der Waals surface area contributed by atoms with Crippen LogP contribution in [0.3, 0.4) is 0 Å². The van der Waals surface area contributed by atoms with Gasteiger partial charge < -0.3 is 5.11 Å². The molecular formula is C17H22N2O3S. The van der Waals surface area contributed by atoms with E-state index in [0.717, 1.165) is 39.8 Å². The first kappa shape index (κ1) is 17.4. The zero-order chi connectivity index (χ0) is 17.3. The smallest absolute Gasteiger partial charge is 0.278 e. The van der Waals surface area contributed by atoms with E-state index in [4.69, 9.17) is 0 Å². The quantitative estimate of drug-likeness (QED) is 0.931. The summed E-state index contributed by atoms with van der Waals surface area (Å²) in [5.74, 6) is -0.276. The van der Waals surface area contributed by atoms with Crippen molar-refractivity contribution in [3.8, 4) is 16.9 Å². The Labute approximate surface area is 138 Å². The van der Waals surface area contributed by atoms with Crippen LogP contribution in [-0.4, -0.2) is 25.4 Å². The second-order valence-corrected chi connectivity index (χ2v) is 6.87. The number of aromatic hydroxyl groups is 1. The first-order valence-corrected chi connectivity index (χ1v) is 9.14. The summed E-state index contributed by atoms with van der Waals surface area (Å²) in [5.41, 5.74) is 3.66. The van der Waals surface area contributed by atoms with Gasteiger partial charge in [0, 0.05) is 13.3 Å². The first-order valence-electron chi connectivity index (χ1n) is 7.58. The predicted molar refractivity (Wildman–Crippen MR) is 92.4 cm³/mol. The van der Waals surface area contributed by atoms with Crippen molar-refractivity contribution in [3.63, 3.8) is 0 Å². The highest BCUT2D eigenvalue weighted by Crippen LogP contribution is 2.35. The van der Waals surface area contributed by atoms with Gasteiger partial charge in [0.05, 0.1) is 16.4 Å². The molecule has 6 heteroatoms. The summed E-state index contributed by atoms with van der Waals surface area (Å²) in [5, 5.41) is 14.5. The molecule has 23 heavy (non-hydrogen) atoms. The molecule has 5 nitrogen and oxygen atoms in total. The molecular weight excluding hydrogens is 312 g/mol. The molecule has 0 radical (unpaired) electrons. The van der Waals surface area contributed by atoms with Gasteiger partial charge in [-0.3, -0.25) is 9.00 Å². The van der Waals surface area contributed by atoms with Crippen molar-refractivity contribution in [3.05, 3.63) is 39.2 Å². The van der Waals surface area contributed by atoms with Gasteiger partial charge in [-0.2, -0.15) is 5.10 Å². The van der Waals surface area contributed by atoms with Crippen LogP contribution < -0.4 is 5.56 Å². The first-order chi connectivity index (χ1) is 10.8. The summed E-state index contributed by atoms with van der Waals surface area (Å²) in [6, 6.07) is 4.05. The molecule has 0 aliphatic carbocycles. The Bertz CT molecular complexity index is 815. The lowest BCUT2D eigenvalue weighted by Gasteiger charge is -2.17. The molecule has 0 amide bonds. The van der Waals surface area contributed by atoms with Crippen molar-refractivity contribution in [2.24, 2.45) is 7.05 Å². The van der Waals surface area contributed by atoms with Gasteiger partial charge in [-0.25, -0.2) is 4.68 Å². The van der Waals surface area contributed by atoms with Gasteiger partial charge in [-0.15, -0.1) is 0 Å². The number of benzene rings is 1. The highest BCUT2D eigenvalue weighted by Gasteiger charge is 2.23. The maximum Gasteiger partial charge on any atom is 0.278 e.